The highest BCUT2D eigenvalue weighted by atomic mass is 32.2. The Labute approximate surface area is 214 Å². The summed E-state index contributed by atoms with van der Waals surface area (Å²) < 4.78 is 0. The molecule has 4 heterocycles. The van der Waals surface area contributed by atoms with Crippen molar-refractivity contribution in [3.8, 4) is 18.9 Å². The number of hydrogen-bond donors (Lipinski definition) is 1. The highest BCUT2D eigenvalue weighted by molar-refractivity contribution is 8.03. The quantitative estimate of drug-likeness (QED) is 0.639. The molecule has 188 valence electrons. The molecule has 0 bridgehead atoms. The molecule has 2 N–H and O–H groups in total. The Morgan fingerprint density at radius 1 is 1.17 bits per heavy atom. The smallest absolute Gasteiger partial charge is 0.207 e. The molecule has 9 heteroatoms. The predicted octanol–water partition coefficient (Wildman–Crippen LogP) is 3.28. The van der Waals surface area contributed by atoms with E-state index in [0.717, 1.165) is 62.8 Å². The van der Waals surface area contributed by atoms with Crippen molar-refractivity contribution in [1.82, 2.24) is 14.8 Å². The second-order valence-electron chi connectivity index (χ2n) is 8.76. The van der Waals surface area contributed by atoms with Gasteiger partial charge in [-0.3, -0.25) is 0 Å². The molecule has 3 aliphatic heterocycles. The molecule has 0 saturated carbocycles. The standard InChI is InChI=1S/C22H29N7OS.C2H6.C2H2/c1-27-9-11-29(12-10-27)18-8-4-6-16(25-18)21-26-30-22(28(21)2)14-5-3-7-17-19(14)15(13-23)20(24)31-17;2*1-2/h4,6,8,14-15,20,22H,3,5,7,9-12,24H2,1-2H3;1-2H3;1-2H. The van der Waals surface area contributed by atoms with Gasteiger partial charge in [0.15, 0.2) is 5.84 Å². The van der Waals surface area contributed by atoms with Crippen LogP contribution in [0.25, 0.3) is 0 Å². The van der Waals surface area contributed by atoms with E-state index < -0.39 is 0 Å². The Morgan fingerprint density at radius 3 is 2.57 bits per heavy atom. The molecule has 0 spiro atoms. The summed E-state index contributed by atoms with van der Waals surface area (Å²) in [6.07, 6.45) is 10.9. The highest BCUT2D eigenvalue weighted by Gasteiger charge is 2.46. The largest absolute Gasteiger partial charge is 0.368 e. The Hall–Kier alpha value is -2.72. The number of hydrogen-bond acceptors (Lipinski definition) is 9. The summed E-state index contributed by atoms with van der Waals surface area (Å²) in [5, 5.41) is 14.0. The lowest BCUT2D eigenvalue weighted by Crippen LogP contribution is -2.45. The van der Waals surface area contributed by atoms with Gasteiger partial charge in [-0.05, 0) is 48.9 Å². The van der Waals surface area contributed by atoms with Crippen LogP contribution in [0.15, 0.2) is 33.8 Å². The average molecular weight is 496 g/mol. The molecule has 4 unspecified atom stereocenters. The molecule has 0 aromatic carbocycles. The van der Waals surface area contributed by atoms with Crippen molar-refractivity contribution in [1.29, 1.82) is 5.26 Å². The third kappa shape index (κ3) is 5.43. The van der Waals surface area contributed by atoms with Crippen LogP contribution in [0.3, 0.4) is 0 Å². The van der Waals surface area contributed by atoms with Crippen molar-refractivity contribution in [2.45, 2.75) is 44.7 Å². The third-order valence-electron chi connectivity index (χ3n) is 6.82. The lowest BCUT2D eigenvalue weighted by molar-refractivity contribution is -0.0186. The fourth-order valence-electron chi connectivity index (χ4n) is 5.06. The lowest BCUT2D eigenvalue weighted by atomic mass is 9.79. The Bertz CT molecular complexity index is 993. The van der Waals surface area contributed by atoms with Crippen molar-refractivity contribution in [3.05, 3.63) is 34.4 Å². The minimum absolute atomic E-state index is 0.126. The maximum atomic E-state index is 9.72. The average Bonchev–Trinajstić information content (AvgIpc) is 3.45. The fourth-order valence-corrected chi connectivity index (χ4v) is 6.41. The number of anilines is 1. The summed E-state index contributed by atoms with van der Waals surface area (Å²) in [7, 11) is 4.17. The number of nitrogens with zero attached hydrogens (tertiary/aromatic N) is 6. The van der Waals surface area contributed by atoms with Crippen molar-refractivity contribution >= 4 is 23.4 Å². The summed E-state index contributed by atoms with van der Waals surface area (Å²) in [5.41, 5.74) is 8.26. The molecule has 1 aliphatic carbocycles. The number of pyridine rings is 1. The number of terminal acetylenes is 1. The van der Waals surface area contributed by atoms with E-state index >= 15 is 0 Å². The second-order valence-corrected chi connectivity index (χ2v) is 10.0. The second kappa shape index (κ2) is 12.3. The van der Waals surface area contributed by atoms with E-state index in [0.29, 0.717) is 0 Å². The number of amidine groups is 1. The number of thioether (sulfide) groups is 1. The lowest BCUT2D eigenvalue weighted by Gasteiger charge is -2.34. The van der Waals surface area contributed by atoms with Crippen LogP contribution < -0.4 is 10.6 Å². The number of nitrogens with two attached hydrogens (primary N) is 1. The summed E-state index contributed by atoms with van der Waals surface area (Å²) >= 11 is 1.66. The van der Waals surface area contributed by atoms with Crippen molar-refractivity contribution in [2.24, 2.45) is 22.7 Å². The van der Waals surface area contributed by atoms with Crippen LogP contribution in [0.2, 0.25) is 0 Å². The number of oxime groups is 1. The monoisotopic (exact) mass is 495 g/mol. The van der Waals surface area contributed by atoms with Gasteiger partial charge in [-0.1, -0.05) is 25.1 Å². The van der Waals surface area contributed by atoms with Crippen LogP contribution >= 0.6 is 11.8 Å². The van der Waals surface area contributed by atoms with Gasteiger partial charge in [0.25, 0.3) is 0 Å². The van der Waals surface area contributed by atoms with Crippen LogP contribution in [-0.4, -0.2) is 72.5 Å². The molecule has 8 nitrogen and oxygen atoms in total. The number of allylic oxidation sites excluding steroid dienone is 1. The van der Waals surface area contributed by atoms with Crippen LogP contribution in [0.1, 0.15) is 38.8 Å². The Balaban J connectivity index is 0.000000815. The molecular weight excluding hydrogens is 458 g/mol. The van der Waals surface area contributed by atoms with Gasteiger partial charge in [0.2, 0.25) is 6.23 Å². The maximum absolute atomic E-state index is 9.72. The van der Waals surface area contributed by atoms with E-state index in [2.05, 4.69) is 51.9 Å². The third-order valence-corrected chi connectivity index (χ3v) is 8.09. The Morgan fingerprint density at radius 2 is 1.89 bits per heavy atom. The van der Waals surface area contributed by atoms with E-state index in [4.69, 9.17) is 15.6 Å². The van der Waals surface area contributed by atoms with E-state index in [1.54, 1.807) is 11.8 Å². The molecule has 35 heavy (non-hydrogen) atoms. The molecule has 0 amide bonds. The molecule has 1 aromatic rings. The van der Waals surface area contributed by atoms with Crippen molar-refractivity contribution < 1.29 is 4.84 Å². The van der Waals surface area contributed by atoms with E-state index in [-0.39, 0.29) is 23.4 Å². The zero-order valence-electron chi connectivity index (χ0n) is 21.2. The first-order valence-electron chi connectivity index (χ1n) is 12.3. The molecule has 1 aromatic heterocycles. The Kier molecular flexibility index (Phi) is 9.45. The first kappa shape index (κ1) is 26.9. The van der Waals surface area contributed by atoms with Crippen LogP contribution in [0.4, 0.5) is 5.82 Å². The molecule has 4 atom stereocenters. The summed E-state index contributed by atoms with van der Waals surface area (Å²) in [6, 6.07) is 8.53. The van der Waals surface area contributed by atoms with Gasteiger partial charge in [-0.15, -0.1) is 24.6 Å². The maximum Gasteiger partial charge on any atom is 0.207 e. The summed E-state index contributed by atoms with van der Waals surface area (Å²) in [4.78, 5) is 18.9. The van der Waals surface area contributed by atoms with Crippen molar-refractivity contribution in [3.63, 3.8) is 0 Å². The molecule has 5 rings (SSSR count). The number of likely N-dealkylation sites (N-methyl/N-ethyl adjacent to an activating group) is 1. The first-order chi connectivity index (χ1) is 17.1. The fraction of sp³-hybridized carbons (Fsp3) is 0.577. The van der Waals surface area contributed by atoms with Gasteiger partial charge in [0, 0.05) is 39.1 Å². The van der Waals surface area contributed by atoms with Crippen LogP contribution in [0, 0.1) is 36.0 Å². The molecule has 4 aliphatic rings. The van der Waals surface area contributed by atoms with E-state index in [1.807, 2.05) is 33.0 Å². The van der Waals surface area contributed by atoms with Crippen molar-refractivity contribution in [2.75, 3.05) is 45.2 Å². The minimum Gasteiger partial charge on any atom is -0.368 e. The van der Waals surface area contributed by atoms with E-state index in [9.17, 15) is 5.26 Å². The zero-order chi connectivity index (χ0) is 25.5. The van der Waals surface area contributed by atoms with Crippen LogP contribution in [-0.2, 0) is 4.84 Å². The molecule has 1 saturated heterocycles. The van der Waals surface area contributed by atoms with Gasteiger partial charge in [-0.2, -0.15) is 5.26 Å². The SMILES string of the molecule is C#C.CC.CN1CCN(c2cccc(C3=NOC(C4CCCC5=C4C(C#N)C(N)S5)N3C)n2)CC1. The number of aromatic nitrogens is 1. The number of nitriles is 1. The van der Waals surface area contributed by atoms with E-state index in [1.165, 1.54) is 10.5 Å². The van der Waals surface area contributed by atoms with Gasteiger partial charge in [-0.25, -0.2) is 4.98 Å². The predicted molar refractivity (Wildman–Crippen MR) is 143 cm³/mol. The minimum atomic E-state index is -0.245. The van der Waals surface area contributed by atoms with Gasteiger partial charge in [0.05, 0.1) is 17.4 Å². The summed E-state index contributed by atoms with van der Waals surface area (Å²) in [5.74, 6) is 1.61. The van der Waals surface area contributed by atoms with Gasteiger partial charge in [0.1, 0.15) is 11.5 Å². The molecule has 1 fully saturated rings. The molecular formula is C26H37N7OS. The summed E-state index contributed by atoms with van der Waals surface area (Å²) in [6.45, 7) is 8.02. The first-order valence-corrected chi connectivity index (χ1v) is 13.2. The highest BCUT2D eigenvalue weighted by Crippen LogP contribution is 2.51. The number of piperazine rings is 1. The zero-order valence-corrected chi connectivity index (χ0v) is 22.0. The van der Waals surface area contributed by atoms with Crippen LogP contribution in [0.5, 0.6) is 0 Å². The number of rotatable bonds is 3. The van der Waals surface area contributed by atoms with Gasteiger partial charge >= 0.3 is 0 Å². The van der Waals surface area contributed by atoms with Gasteiger partial charge < -0.3 is 25.3 Å². The topological polar surface area (TPSA) is 94.0 Å². The molecule has 0 radical (unpaired) electrons. The normalized spacial score (nSPS) is 28.0.